The number of anilines is 1. The number of sulfonamides is 1. The van der Waals surface area contributed by atoms with Crippen molar-refractivity contribution >= 4 is 27.3 Å². The van der Waals surface area contributed by atoms with Crippen molar-refractivity contribution < 1.29 is 8.42 Å². The van der Waals surface area contributed by atoms with Crippen LogP contribution >= 0.6 is 11.6 Å². The average molecular weight is 332 g/mol. The molecule has 1 aliphatic heterocycles. The van der Waals surface area contributed by atoms with Crippen molar-refractivity contribution in [2.45, 2.75) is 30.6 Å². The first-order valence-corrected chi connectivity index (χ1v) is 9.12. The number of nitrogen functional groups attached to an aromatic ring is 1. The van der Waals surface area contributed by atoms with Gasteiger partial charge in [0.15, 0.2) is 0 Å². The molecule has 1 fully saturated rings. The van der Waals surface area contributed by atoms with Crippen LogP contribution in [-0.4, -0.2) is 39.5 Å². The van der Waals surface area contributed by atoms with E-state index in [9.17, 15) is 8.42 Å². The number of benzene rings is 1. The number of likely N-dealkylation sites (tertiary alicyclic amines) is 1. The Hall–Kier alpha value is -0.820. The largest absolute Gasteiger partial charge is 0.399 e. The third-order valence-electron chi connectivity index (χ3n) is 3.64. The summed E-state index contributed by atoms with van der Waals surface area (Å²) in [5.41, 5.74) is 6.00. The molecule has 0 saturated carbocycles. The number of halogens is 1. The lowest BCUT2D eigenvalue weighted by atomic mass is 10.1. The second-order valence-electron chi connectivity index (χ2n) is 5.34. The van der Waals surface area contributed by atoms with Crippen molar-refractivity contribution in [3.05, 3.63) is 23.2 Å². The lowest BCUT2D eigenvalue weighted by Gasteiger charge is -2.26. The van der Waals surface area contributed by atoms with E-state index in [0.29, 0.717) is 12.2 Å². The van der Waals surface area contributed by atoms with E-state index in [-0.39, 0.29) is 9.92 Å². The lowest BCUT2D eigenvalue weighted by molar-refractivity contribution is 0.227. The van der Waals surface area contributed by atoms with Gasteiger partial charge < -0.3 is 10.6 Å². The zero-order chi connectivity index (χ0) is 15.3. The summed E-state index contributed by atoms with van der Waals surface area (Å²) in [6, 6.07) is 4.46. The third kappa shape index (κ3) is 4.85. The van der Waals surface area contributed by atoms with Crippen LogP contribution in [0.2, 0.25) is 5.02 Å². The van der Waals surface area contributed by atoms with E-state index < -0.39 is 10.0 Å². The number of rotatable bonds is 6. The molecule has 0 bridgehead atoms. The van der Waals surface area contributed by atoms with Crippen LogP contribution in [0.25, 0.3) is 0 Å². The molecule has 2 rings (SSSR count). The molecule has 3 N–H and O–H groups in total. The number of nitrogens with two attached hydrogens (primary N) is 1. The van der Waals surface area contributed by atoms with Gasteiger partial charge in [-0.3, -0.25) is 0 Å². The Morgan fingerprint density at radius 1 is 1.24 bits per heavy atom. The van der Waals surface area contributed by atoms with Crippen molar-refractivity contribution in [2.75, 3.05) is 31.9 Å². The Labute approximate surface area is 131 Å². The van der Waals surface area contributed by atoms with Crippen LogP contribution in [0.1, 0.15) is 25.7 Å². The first-order chi connectivity index (χ1) is 9.99. The predicted molar refractivity (Wildman–Crippen MR) is 86.0 cm³/mol. The second-order valence-corrected chi connectivity index (χ2v) is 7.49. The van der Waals surface area contributed by atoms with Crippen LogP contribution in [0.15, 0.2) is 23.1 Å². The quantitative estimate of drug-likeness (QED) is 0.618. The minimum atomic E-state index is -3.60. The zero-order valence-electron chi connectivity index (χ0n) is 12.0. The van der Waals surface area contributed by atoms with Crippen molar-refractivity contribution in [3.8, 4) is 0 Å². The fraction of sp³-hybridized carbons (Fsp3) is 0.571. The van der Waals surface area contributed by atoms with Crippen molar-refractivity contribution in [3.63, 3.8) is 0 Å². The summed E-state index contributed by atoms with van der Waals surface area (Å²) in [5, 5.41) is 0.188. The first kappa shape index (κ1) is 16.5. The van der Waals surface area contributed by atoms with Gasteiger partial charge in [0.1, 0.15) is 4.90 Å². The molecule has 1 saturated heterocycles. The van der Waals surface area contributed by atoms with Crippen LogP contribution in [0.5, 0.6) is 0 Å². The van der Waals surface area contributed by atoms with Gasteiger partial charge in [0, 0.05) is 12.2 Å². The Bertz CT molecular complexity index is 572. The Kier molecular flexibility index (Phi) is 5.87. The monoisotopic (exact) mass is 331 g/mol. The molecule has 1 aromatic carbocycles. The molecule has 0 spiro atoms. The first-order valence-electron chi connectivity index (χ1n) is 7.26. The SMILES string of the molecule is Nc1ccc(Cl)c(S(=O)(=O)NCCCN2CCCCC2)c1. The Morgan fingerprint density at radius 3 is 2.67 bits per heavy atom. The van der Waals surface area contributed by atoms with E-state index in [1.54, 1.807) is 6.07 Å². The van der Waals surface area contributed by atoms with Crippen LogP contribution < -0.4 is 10.5 Å². The van der Waals surface area contributed by atoms with Crippen molar-refractivity contribution in [1.82, 2.24) is 9.62 Å². The van der Waals surface area contributed by atoms with E-state index in [0.717, 1.165) is 26.1 Å². The molecular formula is C14H22ClN3O2S. The molecule has 0 aliphatic carbocycles. The molecule has 0 amide bonds. The van der Waals surface area contributed by atoms with Gasteiger partial charge in [-0.05, 0) is 57.1 Å². The summed E-state index contributed by atoms with van der Waals surface area (Å²) in [7, 11) is -3.60. The van der Waals surface area contributed by atoms with Gasteiger partial charge in [-0.1, -0.05) is 18.0 Å². The fourth-order valence-corrected chi connectivity index (χ4v) is 4.10. The summed E-state index contributed by atoms with van der Waals surface area (Å²) < 4.78 is 27.0. The number of nitrogens with one attached hydrogen (secondary N) is 1. The molecule has 1 aliphatic rings. The van der Waals surface area contributed by atoms with Crippen LogP contribution in [0.3, 0.4) is 0 Å². The maximum absolute atomic E-state index is 12.2. The van der Waals surface area contributed by atoms with Gasteiger partial charge in [-0.25, -0.2) is 13.1 Å². The zero-order valence-corrected chi connectivity index (χ0v) is 13.6. The second kappa shape index (κ2) is 7.45. The van der Waals surface area contributed by atoms with Crippen LogP contribution in [-0.2, 0) is 10.0 Å². The minimum absolute atomic E-state index is 0.0436. The van der Waals surface area contributed by atoms with Crippen molar-refractivity contribution in [2.24, 2.45) is 0 Å². The summed E-state index contributed by atoms with van der Waals surface area (Å²) in [4.78, 5) is 2.42. The topological polar surface area (TPSA) is 75.4 Å². The molecule has 1 heterocycles. The molecule has 0 atom stereocenters. The molecule has 5 nitrogen and oxygen atoms in total. The van der Waals surface area contributed by atoms with Gasteiger partial charge in [-0.15, -0.1) is 0 Å². The summed E-state index contributed by atoms with van der Waals surface area (Å²) in [6.45, 7) is 3.57. The van der Waals surface area contributed by atoms with E-state index in [2.05, 4.69) is 9.62 Å². The highest BCUT2D eigenvalue weighted by atomic mass is 35.5. The summed E-state index contributed by atoms with van der Waals surface area (Å²) in [5.74, 6) is 0. The summed E-state index contributed by atoms with van der Waals surface area (Å²) in [6.07, 6.45) is 4.57. The molecule has 21 heavy (non-hydrogen) atoms. The molecule has 0 aromatic heterocycles. The minimum Gasteiger partial charge on any atom is -0.399 e. The van der Waals surface area contributed by atoms with Gasteiger partial charge in [0.05, 0.1) is 5.02 Å². The maximum atomic E-state index is 12.2. The third-order valence-corrected chi connectivity index (χ3v) is 5.58. The van der Waals surface area contributed by atoms with Gasteiger partial charge in [0.2, 0.25) is 10.0 Å². The van der Waals surface area contributed by atoms with E-state index in [1.165, 1.54) is 31.4 Å². The molecule has 0 radical (unpaired) electrons. The normalized spacial score (nSPS) is 17.0. The maximum Gasteiger partial charge on any atom is 0.242 e. The van der Waals surface area contributed by atoms with Crippen molar-refractivity contribution in [1.29, 1.82) is 0 Å². The highest BCUT2D eigenvalue weighted by molar-refractivity contribution is 7.89. The fourth-order valence-electron chi connectivity index (χ4n) is 2.50. The number of hydrogen-bond donors (Lipinski definition) is 2. The molecule has 1 aromatic rings. The van der Waals surface area contributed by atoms with E-state index >= 15 is 0 Å². The van der Waals surface area contributed by atoms with Crippen LogP contribution in [0, 0.1) is 0 Å². The van der Waals surface area contributed by atoms with Gasteiger partial charge in [-0.2, -0.15) is 0 Å². The molecule has 118 valence electrons. The average Bonchev–Trinajstić information content (AvgIpc) is 2.47. The number of piperidine rings is 1. The van der Waals surface area contributed by atoms with Crippen LogP contribution in [0.4, 0.5) is 5.69 Å². The highest BCUT2D eigenvalue weighted by Crippen LogP contribution is 2.23. The standard InChI is InChI=1S/C14H22ClN3O2S/c15-13-6-5-12(16)11-14(13)21(19,20)17-7-4-10-18-8-2-1-3-9-18/h5-6,11,17H,1-4,7-10,16H2. The number of nitrogens with zero attached hydrogens (tertiary/aromatic N) is 1. The molecular weight excluding hydrogens is 310 g/mol. The molecule has 7 heteroatoms. The van der Waals surface area contributed by atoms with E-state index in [1.807, 2.05) is 0 Å². The summed E-state index contributed by atoms with van der Waals surface area (Å²) >= 11 is 5.93. The predicted octanol–water partition coefficient (Wildman–Crippen LogP) is 2.08. The molecule has 0 unspecified atom stereocenters. The smallest absolute Gasteiger partial charge is 0.242 e. The lowest BCUT2D eigenvalue weighted by Crippen LogP contribution is -2.33. The van der Waals surface area contributed by atoms with Gasteiger partial charge >= 0.3 is 0 Å². The highest BCUT2D eigenvalue weighted by Gasteiger charge is 2.18. The Balaban J connectivity index is 1.85. The van der Waals surface area contributed by atoms with E-state index in [4.69, 9.17) is 17.3 Å². The Morgan fingerprint density at radius 2 is 1.95 bits per heavy atom. The number of hydrogen-bond acceptors (Lipinski definition) is 4. The van der Waals surface area contributed by atoms with Gasteiger partial charge in [0.25, 0.3) is 0 Å².